The molecule has 3 rings (SSSR count). The smallest absolute Gasteiger partial charge is 0.233 e. The Morgan fingerprint density at radius 2 is 2.06 bits per heavy atom. The van der Waals surface area contributed by atoms with Gasteiger partial charge in [-0.1, -0.05) is 32.4 Å². The largest absolute Gasteiger partial charge is 0.473 e. The normalized spacial score (nSPS) is 36.9. The van der Waals surface area contributed by atoms with E-state index in [1.807, 2.05) is 0 Å². The first-order valence-corrected chi connectivity index (χ1v) is 6.97. The summed E-state index contributed by atoms with van der Waals surface area (Å²) in [7, 11) is 0. The SMILES string of the molecule is CC1(C)C2CCC1(C)C(Oc1ccc(Cl)nn1)C2. The summed E-state index contributed by atoms with van der Waals surface area (Å²) in [5.41, 5.74) is 0.608. The van der Waals surface area contributed by atoms with E-state index in [2.05, 4.69) is 31.0 Å². The van der Waals surface area contributed by atoms with Crippen molar-refractivity contribution in [3.05, 3.63) is 17.3 Å². The number of halogens is 1. The average Bonchev–Trinajstić information content (AvgIpc) is 2.65. The summed E-state index contributed by atoms with van der Waals surface area (Å²) in [5, 5.41) is 8.24. The van der Waals surface area contributed by atoms with Gasteiger partial charge in [-0.2, -0.15) is 0 Å². The fourth-order valence-corrected chi connectivity index (χ4v) is 3.92. The van der Waals surface area contributed by atoms with E-state index in [-0.39, 0.29) is 11.5 Å². The van der Waals surface area contributed by atoms with E-state index < -0.39 is 0 Å². The second-order valence-electron chi connectivity index (χ2n) is 6.41. The molecule has 18 heavy (non-hydrogen) atoms. The van der Waals surface area contributed by atoms with Crippen molar-refractivity contribution in [2.45, 2.75) is 46.1 Å². The van der Waals surface area contributed by atoms with Crippen LogP contribution in [0.4, 0.5) is 0 Å². The maximum atomic E-state index is 6.07. The van der Waals surface area contributed by atoms with Crippen molar-refractivity contribution in [1.82, 2.24) is 10.2 Å². The van der Waals surface area contributed by atoms with E-state index in [1.165, 1.54) is 12.8 Å². The third kappa shape index (κ3) is 1.56. The van der Waals surface area contributed by atoms with Gasteiger partial charge in [0, 0.05) is 11.5 Å². The zero-order valence-corrected chi connectivity index (χ0v) is 11.9. The average molecular weight is 267 g/mol. The first-order chi connectivity index (χ1) is 8.43. The number of rotatable bonds is 2. The number of ether oxygens (including phenoxy) is 1. The lowest BCUT2D eigenvalue weighted by atomic mass is 9.70. The third-order valence-electron chi connectivity index (χ3n) is 5.58. The molecule has 0 aromatic carbocycles. The van der Waals surface area contributed by atoms with E-state index in [9.17, 15) is 0 Å². The first kappa shape index (κ1) is 12.2. The third-order valence-corrected chi connectivity index (χ3v) is 5.79. The van der Waals surface area contributed by atoms with Crippen LogP contribution in [0.2, 0.25) is 5.15 Å². The second kappa shape index (κ2) is 3.83. The standard InChI is InChI=1S/C14H19ClN2O/c1-13(2)9-6-7-14(13,3)10(8-9)18-12-5-4-11(15)16-17-12/h4-5,9-10H,6-8H2,1-3H3. The summed E-state index contributed by atoms with van der Waals surface area (Å²) in [6.07, 6.45) is 3.96. The van der Waals surface area contributed by atoms with Gasteiger partial charge in [-0.3, -0.25) is 0 Å². The molecule has 0 aliphatic heterocycles. The van der Waals surface area contributed by atoms with Crippen LogP contribution < -0.4 is 4.74 Å². The summed E-state index contributed by atoms with van der Waals surface area (Å²) < 4.78 is 6.07. The molecule has 4 heteroatoms. The molecule has 0 saturated heterocycles. The Kier molecular flexibility index (Phi) is 2.60. The second-order valence-corrected chi connectivity index (χ2v) is 6.80. The molecular formula is C14H19ClN2O. The Balaban J connectivity index is 1.81. The van der Waals surface area contributed by atoms with Gasteiger partial charge < -0.3 is 4.74 Å². The molecule has 1 aromatic rings. The molecular weight excluding hydrogens is 248 g/mol. The molecule has 2 aliphatic carbocycles. The van der Waals surface area contributed by atoms with Crippen molar-refractivity contribution in [2.24, 2.45) is 16.7 Å². The summed E-state index contributed by atoms with van der Waals surface area (Å²) in [6, 6.07) is 3.53. The molecule has 1 aromatic heterocycles. The predicted octanol–water partition coefficient (Wildman–Crippen LogP) is 3.72. The molecule has 3 atom stereocenters. The van der Waals surface area contributed by atoms with E-state index in [0.717, 1.165) is 12.3 Å². The molecule has 0 radical (unpaired) electrons. The Morgan fingerprint density at radius 3 is 2.56 bits per heavy atom. The summed E-state index contributed by atoms with van der Waals surface area (Å²) >= 11 is 5.73. The van der Waals surface area contributed by atoms with Crippen LogP contribution in [-0.4, -0.2) is 16.3 Å². The van der Waals surface area contributed by atoms with Gasteiger partial charge in [0.1, 0.15) is 6.10 Å². The molecule has 1 heterocycles. The highest BCUT2D eigenvalue weighted by Gasteiger charge is 2.62. The minimum atomic E-state index is 0.249. The molecule has 2 bridgehead atoms. The van der Waals surface area contributed by atoms with Gasteiger partial charge in [-0.25, -0.2) is 0 Å². The Morgan fingerprint density at radius 1 is 1.28 bits per heavy atom. The first-order valence-electron chi connectivity index (χ1n) is 6.59. The predicted molar refractivity (Wildman–Crippen MR) is 70.7 cm³/mol. The number of fused-ring (bicyclic) bond motifs is 2. The van der Waals surface area contributed by atoms with Gasteiger partial charge in [0.25, 0.3) is 0 Å². The van der Waals surface area contributed by atoms with Crippen LogP contribution in [0.15, 0.2) is 12.1 Å². The van der Waals surface area contributed by atoms with Crippen molar-refractivity contribution >= 4 is 11.6 Å². The number of hydrogen-bond acceptors (Lipinski definition) is 3. The number of nitrogens with zero attached hydrogens (tertiary/aromatic N) is 2. The zero-order valence-electron chi connectivity index (χ0n) is 11.1. The zero-order chi connectivity index (χ0) is 13.0. The highest BCUT2D eigenvalue weighted by Crippen LogP contribution is 2.66. The molecule has 0 N–H and O–H groups in total. The van der Waals surface area contributed by atoms with Crippen molar-refractivity contribution in [3.8, 4) is 5.88 Å². The molecule has 0 amide bonds. The maximum Gasteiger partial charge on any atom is 0.233 e. The van der Waals surface area contributed by atoms with Crippen LogP contribution in [0.5, 0.6) is 5.88 Å². The minimum Gasteiger partial charge on any atom is -0.473 e. The lowest BCUT2D eigenvalue weighted by Crippen LogP contribution is -2.39. The lowest BCUT2D eigenvalue weighted by molar-refractivity contribution is 0.0267. The monoisotopic (exact) mass is 266 g/mol. The topological polar surface area (TPSA) is 35.0 Å². The molecule has 0 spiro atoms. The van der Waals surface area contributed by atoms with E-state index >= 15 is 0 Å². The van der Waals surface area contributed by atoms with Crippen molar-refractivity contribution < 1.29 is 4.74 Å². The highest BCUT2D eigenvalue weighted by atomic mass is 35.5. The van der Waals surface area contributed by atoms with Crippen LogP contribution in [0.1, 0.15) is 40.0 Å². The summed E-state index contributed by atoms with van der Waals surface area (Å²) in [4.78, 5) is 0. The molecule has 3 nitrogen and oxygen atoms in total. The minimum absolute atomic E-state index is 0.249. The number of aromatic nitrogens is 2. The van der Waals surface area contributed by atoms with Gasteiger partial charge in [0.05, 0.1) is 0 Å². The van der Waals surface area contributed by atoms with E-state index in [0.29, 0.717) is 16.4 Å². The van der Waals surface area contributed by atoms with Crippen LogP contribution in [0.3, 0.4) is 0 Å². The van der Waals surface area contributed by atoms with Crippen molar-refractivity contribution in [1.29, 1.82) is 0 Å². The van der Waals surface area contributed by atoms with Gasteiger partial charge in [-0.05, 0) is 36.7 Å². The van der Waals surface area contributed by atoms with Gasteiger partial charge in [-0.15, -0.1) is 10.2 Å². The van der Waals surface area contributed by atoms with Crippen LogP contribution in [0, 0.1) is 16.7 Å². The lowest BCUT2D eigenvalue weighted by Gasteiger charge is -2.38. The Bertz CT molecular complexity index is 459. The van der Waals surface area contributed by atoms with Crippen molar-refractivity contribution in [3.63, 3.8) is 0 Å². The van der Waals surface area contributed by atoms with Crippen LogP contribution in [-0.2, 0) is 0 Å². The van der Waals surface area contributed by atoms with E-state index in [1.54, 1.807) is 12.1 Å². The van der Waals surface area contributed by atoms with Crippen LogP contribution >= 0.6 is 11.6 Å². The molecule has 98 valence electrons. The van der Waals surface area contributed by atoms with Gasteiger partial charge in [0.15, 0.2) is 5.15 Å². The fraction of sp³-hybridized carbons (Fsp3) is 0.714. The summed E-state index contributed by atoms with van der Waals surface area (Å²) in [5.74, 6) is 1.36. The van der Waals surface area contributed by atoms with Gasteiger partial charge in [0.2, 0.25) is 5.88 Å². The van der Waals surface area contributed by atoms with Gasteiger partial charge >= 0.3 is 0 Å². The quantitative estimate of drug-likeness (QED) is 0.818. The highest BCUT2D eigenvalue weighted by molar-refractivity contribution is 6.29. The molecule has 2 fully saturated rings. The van der Waals surface area contributed by atoms with E-state index in [4.69, 9.17) is 16.3 Å². The molecule has 2 aliphatic rings. The maximum absolute atomic E-state index is 6.07. The Labute approximate surface area is 113 Å². The Hall–Kier alpha value is -0.830. The summed E-state index contributed by atoms with van der Waals surface area (Å²) in [6.45, 7) is 7.11. The molecule has 3 unspecified atom stereocenters. The van der Waals surface area contributed by atoms with Crippen molar-refractivity contribution in [2.75, 3.05) is 0 Å². The van der Waals surface area contributed by atoms with Crippen LogP contribution in [0.25, 0.3) is 0 Å². The molecule has 2 saturated carbocycles. The number of hydrogen-bond donors (Lipinski definition) is 0. The fourth-order valence-electron chi connectivity index (χ4n) is 3.82.